The molecule has 5 aromatic rings. The van der Waals surface area contributed by atoms with Gasteiger partial charge in [-0.1, -0.05) is 13.0 Å². The van der Waals surface area contributed by atoms with E-state index in [1.807, 2.05) is 6.92 Å². The first-order valence-electron chi connectivity index (χ1n) is 12.7. The maximum Gasteiger partial charge on any atom is 0.261 e. The number of hydrogen-bond donors (Lipinski definition) is 2. The van der Waals surface area contributed by atoms with Crippen molar-refractivity contribution in [3.05, 3.63) is 106 Å². The van der Waals surface area contributed by atoms with Crippen LogP contribution in [0.3, 0.4) is 0 Å². The lowest BCUT2D eigenvalue weighted by molar-refractivity contribution is 0.102. The third-order valence-corrected chi connectivity index (χ3v) is 6.60. The molecule has 9 heteroatoms. The summed E-state index contributed by atoms with van der Waals surface area (Å²) < 4.78 is 24.9. The lowest BCUT2D eigenvalue weighted by Gasteiger charge is -2.15. The standard InChI is InChI=1S/C31H27FN4O4/c1-5-24-28(30(37)27(18(3)35-24)23-11-6-19(32)14-17(23)2)31(38)36-20-7-9-21(10-8-20)40-26-12-13-33-25-15-22(39-4)16-34-29(25)26/h6-16H,5H2,1-4H3,(H,35,37)(H,36,38). The number of aromatic nitrogens is 3. The van der Waals surface area contributed by atoms with E-state index in [1.54, 1.807) is 75.8 Å². The molecule has 40 heavy (non-hydrogen) atoms. The van der Waals surface area contributed by atoms with Gasteiger partial charge in [0.1, 0.15) is 28.4 Å². The second kappa shape index (κ2) is 11.0. The Bertz CT molecular complexity index is 1800. The Labute approximate surface area is 229 Å². The highest BCUT2D eigenvalue weighted by Crippen LogP contribution is 2.30. The Balaban J connectivity index is 1.41. The number of methoxy groups -OCH3 is 1. The second-order valence-corrected chi connectivity index (χ2v) is 9.25. The molecule has 0 fully saturated rings. The van der Waals surface area contributed by atoms with E-state index in [-0.39, 0.29) is 11.4 Å². The maximum atomic E-state index is 13.7. The molecule has 0 bridgehead atoms. The van der Waals surface area contributed by atoms with Gasteiger partial charge in [-0.15, -0.1) is 0 Å². The van der Waals surface area contributed by atoms with Crippen LogP contribution in [-0.2, 0) is 6.42 Å². The van der Waals surface area contributed by atoms with Crippen LogP contribution in [0.4, 0.5) is 10.1 Å². The summed E-state index contributed by atoms with van der Waals surface area (Å²) >= 11 is 0. The van der Waals surface area contributed by atoms with Crippen molar-refractivity contribution < 1.29 is 18.7 Å². The third kappa shape index (κ3) is 5.13. The molecule has 202 valence electrons. The minimum Gasteiger partial charge on any atom is -0.495 e. The van der Waals surface area contributed by atoms with Gasteiger partial charge in [-0.2, -0.15) is 0 Å². The van der Waals surface area contributed by atoms with Crippen LogP contribution in [0.15, 0.2) is 71.8 Å². The van der Waals surface area contributed by atoms with Crippen molar-refractivity contribution in [2.24, 2.45) is 0 Å². The van der Waals surface area contributed by atoms with Crippen LogP contribution in [0, 0.1) is 19.7 Å². The van der Waals surface area contributed by atoms with E-state index in [9.17, 15) is 14.0 Å². The zero-order valence-corrected chi connectivity index (χ0v) is 22.5. The van der Waals surface area contributed by atoms with Crippen LogP contribution in [-0.4, -0.2) is 28.0 Å². The van der Waals surface area contributed by atoms with Crippen LogP contribution in [0.1, 0.15) is 34.2 Å². The van der Waals surface area contributed by atoms with Crippen LogP contribution in [0.25, 0.3) is 22.2 Å². The van der Waals surface area contributed by atoms with E-state index in [0.717, 1.165) is 0 Å². The minimum atomic E-state index is -0.536. The van der Waals surface area contributed by atoms with E-state index < -0.39 is 11.3 Å². The Morgan fingerprint density at radius 1 is 1.02 bits per heavy atom. The Morgan fingerprint density at radius 3 is 2.50 bits per heavy atom. The quantitative estimate of drug-likeness (QED) is 0.250. The van der Waals surface area contributed by atoms with Gasteiger partial charge in [0.2, 0.25) is 5.43 Å². The number of benzene rings is 2. The largest absolute Gasteiger partial charge is 0.495 e. The molecule has 0 aliphatic heterocycles. The third-order valence-electron chi connectivity index (χ3n) is 6.60. The van der Waals surface area contributed by atoms with Crippen LogP contribution in [0.5, 0.6) is 17.2 Å². The second-order valence-electron chi connectivity index (χ2n) is 9.25. The Morgan fingerprint density at radius 2 is 1.80 bits per heavy atom. The van der Waals surface area contributed by atoms with Gasteiger partial charge in [-0.3, -0.25) is 14.6 Å². The van der Waals surface area contributed by atoms with Crippen molar-refractivity contribution in [2.45, 2.75) is 27.2 Å². The SMILES string of the molecule is CCc1[nH]c(C)c(-c2ccc(F)cc2C)c(=O)c1C(=O)Nc1ccc(Oc2ccnc3cc(OC)cnc23)cc1. The number of ether oxygens (including phenoxy) is 2. The van der Waals surface area contributed by atoms with Gasteiger partial charge < -0.3 is 19.8 Å². The molecule has 1 amide bonds. The van der Waals surface area contributed by atoms with E-state index >= 15 is 0 Å². The molecule has 0 radical (unpaired) electrons. The highest BCUT2D eigenvalue weighted by Gasteiger charge is 2.22. The number of nitrogens with zero attached hydrogens (tertiary/aromatic N) is 2. The summed E-state index contributed by atoms with van der Waals surface area (Å²) in [5, 5.41) is 2.82. The number of rotatable bonds is 7. The van der Waals surface area contributed by atoms with Gasteiger partial charge >= 0.3 is 0 Å². The lowest BCUT2D eigenvalue weighted by Crippen LogP contribution is -2.27. The highest BCUT2D eigenvalue weighted by atomic mass is 19.1. The molecule has 2 aromatic carbocycles. The number of amides is 1. The van der Waals surface area contributed by atoms with Gasteiger partial charge in [0.25, 0.3) is 5.91 Å². The molecule has 0 unspecified atom stereocenters. The number of halogens is 1. The zero-order valence-electron chi connectivity index (χ0n) is 22.5. The van der Waals surface area contributed by atoms with Crippen molar-refractivity contribution in [1.82, 2.24) is 15.0 Å². The average molecular weight is 539 g/mol. The summed E-state index contributed by atoms with van der Waals surface area (Å²) in [6.45, 7) is 5.37. The summed E-state index contributed by atoms with van der Waals surface area (Å²) in [4.78, 5) is 38.9. The van der Waals surface area contributed by atoms with Crippen molar-refractivity contribution in [3.8, 4) is 28.4 Å². The summed E-state index contributed by atoms with van der Waals surface area (Å²) in [5.74, 6) is 0.716. The molecule has 0 atom stereocenters. The van der Waals surface area contributed by atoms with Crippen LogP contribution < -0.4 is 20.2 Å². The van der Waals surface area contributed by atoms with Gasteiger partial charge in [-0.25, -0.2) is 9.37 Å². The van der Waals surface area contributed by atoms with Gasteiger partial charge in [-0.05, 0) is 67.8 Å². The predicted molar refractivity (Wildman–Crippen MR) is 152 cm³/mol. The fraction of sp³-hybridized carbons (Fsp3) is 0.161. The number of fused-ring (bicyclic) bond motifs is 1. The fourth-order valence-corrected chi connectivity index (χ4v) is 4.63. The van der Waals surface area contributed by atoms with Gasteiger partial charge in [0.05, 0.1) is 18.8 Å². The lowest BCUT2D eigenvalue weighted by atomic mass is 9.95. The number of carbonyl (C=O) groups is 1. The van der Waals surface area contributed by atoms with Crippen LogP contribution in [0.2, 0.25) is 0 Å². The summed E-state index contributed by atoms with van der Waals surface area (Å²) in [5.41, 5.74) is 3.99. The first-order chi connectivity index (χ1) is 19.3. The average Bonchev–Trinajstić information content (AvgIpc) is 2.94. The molecule has 0 spiro atoms. The number of hydrogen-bond acceptors (Lipinski definition) is 6. The topological polar surface area (TPSA) is 106 Å². The molecular weight excluding hydrogens is 511 g/mol. The number of H-pyrrole nitrogens is 1. The molecule has 2 N–H and O–H groups in total. The highest BCUT2D eigenvalue weighted by molar-refractivity contribution is 6.05. The first kappa shape index (κ1) is 26.6. The number of anilines is 1. The molecule has 0 saturated heterocycles. The van der Waals surface area contributed by atoms with Crippen LogP contribution >= 0.6 is 0 Å². The smallest absolute Gasteiger partial charge is 0.261 e. The number of aromatic amines is 1. The van der Waals surface area contributed by atoms with Crippen molar-refractivity contribution >= 4 is 22.6 Å². The number of aryl methyl sites for hydroxylation is 3. The monoisotopic (exact) mass is 538 g/mol. The molecular formula is C31H27FN4O4. The molecule has 3 aromatic heterocycles. The van der Waals surface area contributed by atoms with E-state index in [0.29, 0.717) is 68.5 Å². The Kier molecular flexibility index (Phi) is 7.29. The summed E-state index contributed by atoms with van der Waals surface area (Å²) in [6.07, 6.45) is 3.67. The maximum absolute atomic E-state index is 13.7. The minimum absolute atomic E-state index is 0.0249. The van der Waals surface area contributed by atoms with E-state index in [2.05, 4.69) is 20.3 Å². The van der Waals surface area contributed by atoms with Gasteiger partial charge in [0.15, 0.2) is 5.75 Å². The van der Waals surface area contributed by atoms with Crippen molar-refractivity contribution in [1.29, 1.82) is 0 Å². The molecule has 0 aliphatic carbocycles. The molecule has 8 nitrogen and oxygen atoms in total. The van der Waals surface area contributed by atoms with E-state index in [4.69, 9.17) is 9.47 Å². The number of carbonyl (C=O) groups excluding carboxylic acids is 1. The van der Waals surface area contributed by atoms with Crippen molar-refractivity contribution in [3.63, 3.8) is 0 Å². The fourth-order valence-electron chi connectivity index (χ4n) is 4.63. The molecule has 0 aliphatic rings. The molecule has 3 heterocycles. The van der Waals surface area contributed by atoms with Crippen molar-refractivity contribution in [2.75, 3.05) is 12.4 Å². The predicted octanol–water partition coefficient (Wildman–Crippen LogP) is 6.36. The summed E-state index contributed by atoms with van der Waals surface area (Å²) in [6, 6.07) is 14.5. The van der Waals surface area contributed by atoms with Gasteiger partial charge in [0, 0.05) is 41.0 Å². The Hall–Kier alpha value is -5.05. The number of pyridine rings is 3. The molecule has 5 rings (SSSR count). The van der Waals surface area contributed by atoms with E-state index in [1.165, 1.54) is 12.1 Å². The first-order valence-corrected chi connectivity index (χ1v) is 12.7. The normalized spacial score (nSPS) is 10.9. The summed E-state index contributed by atoms with van der Waals surface area (Å²) in [7, 11) is 1.56. The molecule has 0 saturated carbocycles. The zero-order chi connectivity index (χ0) is 28.4. The number of nitrogens with one attached hydrogen (secondary N) is 2.